The van der Waals surface area contributed by atoms with Crippen molar-refractivity contribution in [2.45, 2.75) is 32.0 Å². The number of alkyl halides is 3. The molecule has 0 spiro atoms. The number of nitrogens with one attached hydrogen (secondary N) is 1. The van der Waals surface area contributed by atoms with E-state index in [0.717, 1.165) is 12.8 Å². The zero-order valence-electron chi connectivity index (χ0n) is 11.7. The van der Waals surface area contributed by atoms with Gasteiger partial charge in [0.05, 0.1) is 6.10 Å². The number of hydrazine groups is 1. The van der Waals surface area contributed by atoms with E-state index in [4.69, 9.17) is 10.6 Å². The lowest BCUT2D eigenvalue weighted by molar-refractivity contribution is -0.144. The van der Waals surface area contributed by atoms with Crippen LogP contribution >= 0.6 is 0 Å². The first kappa shape index (κ1) is 15.8. The molecule has 1 aromatic heterocycles. The third kappa shape index (κ3) is 3.94. The first-order valence-corrected chi connectivity index (χ1v) is 6.73. The fourth-order valence-electron chi connectivity index (χ4n) is 2.32. The van der Waals surface area contributed by atoms with Crippen LogP contribution in [0.3, 0.4) is 0 Å². The Morgan fingerprint density at radius 3 is 2.86 bits per heavy atom. The predicted octanol–water partition coefficient (Wildman–Crippen LogP) is 1.79. The fraction of sp³-hybridized carbons (Fsp3) is 0.667. The lowest BCUT2D eigenvalue weighted by Gasteiger charge is -2.33. The number of rotatable bonds is 4. The van der Waals surface area contributed by atoms with E-state index in [0.29, 0.717) is 19.7 Å². The molecule has 2 rings (SSSR count). The number of anilines is 2. The Bertz CT molecular complexity index is 480. The van der Waals surface area contributed by atoms with Crippen molar-refractivity contribution in [3.8, 4) is 0 Å². The average molecular weight is 305 g/mol. The number of nitrogens with two attached hydrogens (primary N) is 1. The molecule has 6 nitrogen and oxygen atoms in total. The Kier molecular flexibility index (Phi) is 4.84. The largest absolute Gasteiger partial charge is 0.451 e. The average Bonchev–Trinajstić information content (AvgIpc) is 2.46. The van der Waals surface area contributed by atoms with Crippen LogP contribution in [-0.2, 0) is 10.9 Å². The van der Waals surface area contributed by atoms with E-state index >= 15 is 0 Å². The lowest BCUT2D eigenvalue weighted by atomic mass is 10.1. The van der Waals surface area contributed by atoms with Gasteiger partial charge in [-0.3, -0.25) is 0 Å². The molecule has 1 atom stereocenters. The van der Waals surface area contributed by atoms with Crippen molar-refractivity contribution < 1.29 is 17.9 Å². The van der Waals surface area contributed by atoms with Crippen molar-refractivity contribution in [1.82, 2.24) is 9.97 Å². The van der Waals surface area contributed by atoms with Crippen molar-refractivity contribution in [2.24, 2.45) is 5.84 Å². The van der Waals surface area contributed by atoms with Crippen molar-refractivity contribution in [2.75, 3.05) is 30.0 Å². The summed E-state index contributed by atoms with van der Waals surface area (Å²) in [5.74, 6) is 4.12. The third-order valence-electron chi connectivity index (χ3n) is 3.22. The summed E-state index contributed by atoms with van der Waals surface area (Å²) in [4.78, 5) is 8.72. The maximum atomic E-state index is 12.8. The Hall–Kier alpha value is -1.61. The van der Waals surface area contributed by atoms with Gasteiger partial charge in [0.1, 0.15) is 11.6 Å². The second kappa shape index (κ2) is 6.44. The molecule has 0 bridgehead atoms. The molecule has 0 saturated carbocycles. The Morgan fingerprint density at radius 2 is 2.24 bits per heavy atom. The Morgan fingerprint density at radius 1 is 1.48 bits per heavy atom. The zero-order chi connectivity index (χ0) is 15.5. The highest BCUT2D eigenvalue weighted by molar-refractivity contribution is 5.49. The molecule has 9 heteroatoms. The number of nitrogens with zero attached hydrogens (tertiary/aromatic N) is 3. The monoisotopic (exact) mass is 305 g/mol. The van der Waals surface area contributed by atoms with Crippen LogP contribution in [0.25, 0.3) is 0 Å². The summed E-state index contributed by atoms with van der Waals surface area (Å²) in [5, 5.41) is 0. The van der Waals surface area contributed by atoms with Crippen molar-refractivity contribution >= 4 is 11.6 Å². The highest BCUT2D eigenvalue weighted by atomic mass is 19.4. The van der Waals surface area contributed by atoms with Gasteiger partial charge < -0.3 is 15.1 Å². The quantitative estimate of drug-likeness (QED) is 0.652. The van der Waals surface area contributed by atoms with E-state index in [9.17, 15) is 13.2 Å². The van der Waals surface area contributed by atoms with Crippen LogP contribution in [0, 0.1) is 0 Å². The summed E-state index contributed by atoms with van der Waals surface area (Å²) < 4.78 is 44.0. The maximum Gasteiger partial charge on any atom is 0.451 e. The highest BCUT2D eigenvalue weighted by Crippen LogP contribution is 2.30. The molecule has 1 aromatic rings. The maximum absolute atomic E-state index is 12.8. The van der Waals surface area contributed by atoms with Gasteiger partial charge in [0.25, 0.3) is 0 Å². The van der Waals surface area contributed by atoms with Crippen LogP contribution in [0.1, 0.15) is 25.6 Å². The van der Waals surface area contributed by atoms with Gasteiger partial charge in [-0.15, -0.1) is 0 Å². The molecule has 3 N–H and O–H groups in total. The minimum absolute atomic E-state index is 0.00216. The molecular formula is C12H18F3N5O. The summed E-state index contributed by atoms with van der Waals surface area (Å²) >= 11 is 0. The fourth-order valence-corrected chi connectivity index (χ4v) is 2.32. The number of nitrogen functional groups attached to an aromatic ring is 1. The second-order valence-corrected chi connectivity index (χ2v) is 4.74. The zero-order valence-corrected chi connectivity index (χ0v) is 11.7. The SMILES string of the molecule is CCOC1CCCN(c2cc(NN)nc(C(F)(F)F)n2)C1. The van der Waals surface area contributed by atoms with Crippen LogP contribution in [0.5, 0.6) is 0 Å². The van der Waals surface area contributed by atoms with Crippen molar-refractivity contribution in [3.05, 3.63) is 11.9 Å². The number of halogens is 3. The third-order valence-corrected chi connectivity index (χ3v) is 3.22. The summed E-state index contributed by atoms with van der Waals surface area (Å²) in [6.45, 7) is 3.60. The standard InChI is InChI=1S/C12H18F3N5O/c1-2-21-8-4-3-5-20(7-8)10-6-9(19-16)17-11(18-10)12(13,14)15/h6,8H,2-5,7,16H2,1H3,(H,17,18,19). The molecule has 1 aliphatic rings. The summed E-state index contributed by atoms with van der Waals surface area (Å²) in [5.41, 5.74) is 2.15. The normalized spacial score (nSPS) is 19.7. The Balaban J connectivity index is 2.25. The molecular weight excluding hydrogens is 287 g/mol. The summed E-state index contributed by atoms with van der Waals surface area (Å²) in [6.07, 6.45) is -2.89. The summed E-state index contributed by atoms with van der Waals surface area (Å²) in [7, 11) is 0. The minimum Gasteiger partial charge on any atom is -0.377 e. The molecule has 2 heterocycles. The first-order valence-electron chi connectivity index (χ1n) is 6.73. The minimum atomic E-state index is -4.61. The van der Waals surface area contributed by atoms with E-state index in [-0.39, 0.29) is 17.7 Å². The van der Waals surface area contributed by atoms with Crippen LogP contribution in [-0.4, -0.2) is 35.8 Å². The molecule has 0 aliphatic carbocycles. The molecule has 118 valence electrons. The van der Waals surface area contributed by atoms with E-state index in [1.54, 1.807) is 4.90 Å². The number of hydrogen-bond acceptors (Lipinski definition) is 6. The molecule has 1 saturated heterocycles. The number of hydrogen-bond donors (Lipinski definition) is 2. The van der Waals surface area contributed by atoms with Crippen molar-refractivity contribution in [3.63, 3.8) is 0 Å². The molecule has 21 heavy (non-hydrogen) atoms. The van der Waals surface area contributed by atoms with Gasteiger partial charge >= 0.3 is 6.18 Å². The van der Waals surface area contributed by atoms with Crippen LogP contribution in [0.2, 0.25) is 0 Å². The number of piperidine rings is 1. The van der Waals surface area contributed by atoms with Crippen LogP contribution < -0.4 is 16.2 Å². The molecule has 1 unspecified atom stereocenters. The number of ether oxygens (including phenoxy) is 1. The lowest BCUT2D eigenvalue weighted by Crippen LogP contribution is -2.40. The molecule has 0 amide bonds. The molecule has 1 fully saturated rings. The predicted molar refractivity (Wildman–Crippen MR) is 71.7 cm³/mol. The smallest absolute Gasteiger partial charge is 0.377 e. The number of aromatic nitrogens is 2. The first-order chi connectivity index (χ1) is 9.94. The molecule has 0 radical (unpaired) electrons. The van der Waals surface area contributed by atoms with Gasteiger partial charge in [-0.1, -0.05) is 0 Å². The molecule has 0 aromatic carbocycles. The van der Waals surface area contributed by atoms with Gasteiger partial charge in [0, 0.05) is 25.8 Å². The van der Waals surface area contributed by atoms with E-state index in [1.165, 1.54) is 6.07 Å². The van der Waals surface area contributed by atoms with Gasteiger partial charge in [-0.25, -0.2) is 15.8 Å². The second-order valence-electron chi connectivity index (χ2n) is 4.74. The van der Waals surface area contributed by atoms with E-state index < -0.39 is 12.0 Å². The van der Waals surface area contributed by atoms with Gasteiger partial charge in [0.15, 0.2) is 0 Å². The van der Waals surface area contributed by atoms with Crippen molar-refractivity contribution in [1.29, 1.82) is 0 Å². The van der Waals surface area contributed by atoms with Crippen LogP contribution in [0.15, 0.2) is 6.07 Å². The van der Waals surface area contributed by atoms with E-state index in [1.807, 2.05) is 6.92 Å². The van der Waals surface area contributed by atoms with Crippen LogP contribution in [0.4, 0.5) is 24.8 Å². The van der Waals surface area contributed by atoms with Gasteiger partial charge in [0.2, 0.25) is 5.82 Å². The summed E-state index contributed by atoms with van der Waals surface area (Å²) in [6, 6.07) is 1.41. The van der Waals surface area contributed by atoms with E-state index in [2.05, 4.69) is 15.4 Å². The topological polar surface area (TPSA) is 76.3 Å². The van der Waals surface area contributed by atoms with Gasteiger partial charge in [-0.05, 0) is 19.8 Å². The molecule has 1 aliphatic heterocycles. The van der Waals surface area contributed by atoms with Gasteiger partial charge in [-0.2, -0.15) is 13.2 Å². The highest BCUT2D eigenvalue weighted by Gasteiger charge is 2.36. The Labute approximate surface area is 120 Å².